The molecular weight excluding hydrogens is 382 g/mol. The van der Waals surface area contributed by atoms with Crippen LogP contribution in [0.15, 0.2) is 47.4 Å². The quantitative estimate of drug-likeness (QED) is 0.529. The Morgan fingerprint density at radius 2 is 1.89 bits per heavy atom. The van der Waals surface area contributed by atoms with Crippen molar-refractivity contribution in [3.63, 3.8) is 0 Å². The molecule has 1 aromatic carbocycles. The second kappa shape index (κ2) is 8.37. The van der Waals surface area contributed by atoms with E-state index in [0.717, 1.165) is 17.4 Å². The Morgan fingerprint density at radius 1 is 1.25 bits per heavy atom. The molecule has 28 heavy (non-hydrogen) atoms. The van der Waals surface area contributed by atoms with Crippen molar-refractivity contribution in [2.75, 3.05) is 6.26 Å². The number of rotatable bonds is 7. The van der Waals surface area contributed by atoms with E-state index in [0.29, 0.717) is 12.0 Å². The number of pyridine rings is 1. The maximum absolute atomic E-state index is 12.4. The third-order valence-electron chi connectivity index (χ3n) is 4.80. The van der Waals surface area contributed by atoms with Crippen LogP contribution in [0, 0.1) is 11.3 Å². The van der Waals surface area contributed by atoms with Gasteiger partial charge in [0.1, 0.15) is 0 Å². The normalized spacial score (nSPS) is 13.4. The molecule has 1 aromatic heterocycles. The molecule has 0 spiro atoms. The summed E-state index contributed by atoms with van der Waals surface area (Å²) in [6.45, 7) is 1.19. The molecule has 1 amide bonds. The molecule has 2 rings (SSSR count). The molecule has 1 atom stereocenters. The van der Waals surface area contributed by atoms with Crippen LogP contribution in [0.2, 0.25) is 0 Å². The zero-order valence-corrected chi connectivity index (χ0v) is 16.4. The lowest BCUT2D eigenvalue weighted by molar-refractivity contribution is -0.131. The smallest absolute Gasteiger partial charge is 0.264 e. The van der Waals surface area contributed by atoms with Crippen molar-refractivity contribution in [3.8, 4) is 17.2 Å². The van der Waals surface area contributed by atoms with Crippen LogP contribution < -0.4 is 11.0 Å². The number of sulfone groups is 1. The highest BCUT2D eigenvalue weighted by Crippen LogP contribution is 2.22. The molecule has 2 aromatic rings. The number of aromatic nitrogens is 1. The standard InChI is InChI=1S/C19H21N3O5S/c1-19(18(24)21-25,28(2,26)27)9-12-22-11-8-16(13-17(22)23)15-5-3-14(4-6-15)7-10-20/h3-6,8,11,13,25H,7,9,12H2,1-2H3,(H,21,24). The van der Waals surface area contributed by atoms with E-state index in [9.17, 15) is 18.0 Å². The second-order valence-electron chi connectivity index (χ2n) is 6.67. The Morgan fingerprint density at radius 3 is 2.39 bits per heavy atom. The number of aryl methyl sites for hydroxylation is 1. The molecule has 0 saturated carbocycles. The fourth-order valence-corrected chi connectivity index (χ4v) is 3.54. The maximum atomic E-state index is 12.4. The van der Waals surface area contributed by atoms with Crippen LogP contribution >= 0.6 is 0 Å². The van der Waals surface area contributed by atoms with Crippen LogP contribution in [0.1, 0.15) is 18.9 Å². The molecule has 0 radical (unpaired) electrons. The minimum atomic E-state index is -3.83. The summed E-state index contributed by atoms with van der Waals surface area (Å²) in [5.74, 6) is -1.04. The first-order valence-corrected chi connectivity index (χ1v) is 10.3. The van der Waals surface area contributed by atoms with Gasteiger partial charge in [0.05, 0.1) is 12.5 Å². The lowest BCUT2D eigenvalue weighted by Gasteiger charge is -2.25. The van der Waals surface area contributed by atoms with E-state index in [4.69, 9.17) is 10.5 Å². The number of hydroxylamine groups is 1. The number of hydrogen-bond donors (Lipinski definition) is 2. The number of nitriles is 1. The van der Waals surface area contributed by atoms with Gasteiger partial charge in [-0.2, -0.15) is 5.26 Å². The van der Waals surface area contributed by atoms with Crippen LogP contribution in [0.3, 0.4) is 0 Å². The van der Waals surface area contributed by atoms with Crippen molar-refractivity contribution in [3.05, 3.63) is 58.5 Å². The van der Waals surface area contributed by atoms with Crippen molar-refractivity contribution < 1.29 is 18.4 Å². The van der Waals surface area contributed by atoms with Crippen molar-refractivity contribution in [2.24, 2.45) is 0 Å². The van der Waals surface area contributed by atoms with Gasteiger partial charge in [0.2, 0.25) is 0 Å². The van der Waals surface area contributed by atoms with E-state index in [1.807, 2.05) is 24.3 Å². The van der Waals surface area contributed by atoms with Crippen molar-refractivity contribution in [1.82, 2.24) is 10.0 Å². The van der Waals surface area contributed by atoms with Crippen molar-refractivity contribution >= 4 is 15.7 Å². The zero-order valence-electron chi connectivity index (χ0n) is 15.5. The van der Waals surface area contributed by atoms with E-state index in [1.165, 1.54) is 29.2 Å². The topological polar surface area (TPSA) is 129 Å². The molecule has 0 aliphatic carbocycles. The molecule has 0 bridgehead atoms. The van der Waals surface area contributed by atoms with Gasteiger partial charge >= 0.3 is 0 Å². The molecule has 9 heteroatoms. The fraction of sp³-hybridized carbons (Fsp3) is 0.316. The molecule has 2 N–H and O–H groups in total. The highest BCUT2D eigenvalue weighted by Gasteiger charge is 2.43. The maximum Gasteiger partial charge on any atom is 0.264 e. The monoisotopic (exact) mass is 403 g/mol. The van der Waals surface area contributed by atoms with Gasteiger partial charge in [-0.25, -0.2) is 13.9 Å². The summed E-state index contributed by atoms with van der Waals surface area (Å²) in [6, 6.07) is 12.5. The summed E-state index contributed by atoms with van der Waals surface area (Å²) in [7, 11) is -3.83. The van der Waals surface area contributed by atoms with E-state index >= 15 is 0 Å². The Kier molecular flexibility index (Phi) is 6.38. The first-order valence-electron chi connectivity index (χ1n) is 8.43. The Balaban J connectivity index is 2.24. The van der Waals surface area contributed by atoms with Gasteiger partial charge in [0.25, 0.3) is 11.5 Å². The van der Waals surface area contributed by atoms with Crippen LogP contribution in [0.4, 0.5) is 0 Å². The number of nitrogens with one attached hydrogen (secondary N) is 1. The summed E-state index contributed by atoms with van der Waals surface area (Å²) < 4.78 is 23.4. The first-order chi connectivity index (χ1) is 13.1. The van der Waals surface area contributed by atoms with E-state index in [-0.39, 0.29) is 18.5 Å². The van der Waals surface area contributed by atoms with Crippen LogP contribution in [-0.4, -0.2) is 35.1 Å². The minimum Gasteiger partial charge on any atom is -0.315 e. The van der Waals surface area contributed by atoms with Crippen LogP contribution in [0.25, 0.3) is 11.1 Å². The second-order valence-corrected chi connectivity index (χ2v) is 9.12. The van der Waals surface area contributed by atoms with E-state index in [2.05, 4.69) is 6.07 Å². The summed E-state index contributed by atoms with van der Waals surface area (Å²) in [6.07, 6.45) is 2.56. The summed E-state index contributed by atoms with van der Waals surface area (Å²) in [4.78, 5) is 24.3. The van der Waals surface area contributed by atoms with Gasteiger partial charge in [-0.05, 0) is 36.1 Å². The molecule has 1 unspecified atom stereocenters. The fourth-order valence-electron chi connectivity index (χ4n) is 2.70. The lowest BCUT2D eigenvalue weighted by atomic mass is 10.0. The predicted octanol–water partition coefficient (Wildman–Crippen LogP) is 1.28. The highest BCUT2D eigenvalue weighted by molar-refractivity contribution is 7.92. The average molecular weight is 403 g/mol. The Labute approximate surface area is 162 Å². The molecule has 148 valence electrons. The minimum absolute atomic E-state index is 0.0167. The van der Waals surface area contributed by atoms with Crippen molar-refractivity contribution in [2.45, 2.75) is 31.1 Å². The van der Waals surface area contributed by atoms with Crippen LogP contribution in [0.5, 0.6) is 0 Å². The Hall–Kier alpha value is -2.96. The number of carbonyl (C=O) groups is 1. The largest absolute Gasteiger partial charge is 0.315 e. The van der Waals surface area contributed by atoms with Gasteiger partial charge in [0, 0.05) is 25.1 Å². The molecule has 0 aliphatic rings. The number of amides is 1. The first kappa shape index (κ1) is 21.3. The summed E-state index contributed by atoms with van der Waals surface area (Å²) >= 11 is 0. The van der Waals surface area contributed by atoms with Crippen LogP contribution in [-0.2, 0) is 27.6 Å². The Bertz CT molecular complexity index is 1070. The SMILES string of the molecule is CC(CCn1ccc(-c2ccc(CC#N)cc2)cc1=O)(C(=O)NO)S(C)(=O)=O. The predicted molar refractivity (Wildman–Crippen MR) is 103 cm³/mol. The van der Waals surface area contributed by atoms with Crippen molar-refractivity contribution in [1.29, 1.82) is 5.26 Å². The summed E-state index contributed by atoms with van der Waals surface area (Å²) in [5, 5.41) is 17.6. The number of hydrogen-bond acceptors (Lipinski definition) is 6. The lowest BCUT2D eigenvalue weighted by Crippen LogP contribution is -2.49. The highest BCUT2D eigenvalue weighted by atomic mass is 32.2. The van der Waals surface area contributed by atoms with E-state index < -0.39 is 20.5 Å². The molecular formula is C19H21N3O5S. The number of carbonyl (C=O) groups excluding carboxylic acids is 1. The zero-order chi connectivity index (χ0) is 20.9. The molecule has 0 aliphatic heterocycles. The van der Waals surface area contributed by atoms with Gasteiger partial charge in [-0.3, -0.25) is 14.8 Å². The molecule has 0 saturated heterocycles. The van der Waals surface area contributed by atoms with Gasteiger partial charge in [-0.1, -0.05) is 24.3 Å². The third-order valence-corrected chi connectivity index (χ3v) is 6.82. The van der Waals surface area contributed by atoms with Gasteiger partial charge in [0.15, 0.2) is 14.6 Å². The summed E-state index contributed by atoms with van der Waals surface area (Å²) in [5.41, 5.74) is 3.41. The molecule has 0 fully saturated rings. The third kappa shape index (κ3) is 4.47. The van der Waals surface area contributed by atoms with Gasteiger partial charge in [-0.15, -0.1) is 0 Å². The number of nitrogens with zero attached hydrogens (tertiary/aromatic N) is 2. The number of benzene rings is 1. The van der Waals surface area contributed by atoms with E-state index in [1.54, 1.807) is 6.07 Å². The average Bonchev–Trinajstić information content (AvgIpc) is 2.66. The molecule has 8 nitrogen and oxygen atoms in total. The molecule has 1 heterocycles. The van der Waals surface area contributed by atoms with Gasteiger partial charge < -0.3 is 4.57 Å².